The summed E-state index contributed by atoms with van der Waals surface area (Å²) in [6, 6.07) is 0. The van der Waals surface area contributed by atoms with E-state index in [9.17, 15) is 9.59 Å². The molecule has 0 saturated carbocycles. The van der Waals surface area contributed by atoms with Gasteiger partial charge in [-0.05, 0) is 12.8 Å². The Kier molecular flexibility index (Phi) is 3.88. The van der Waals surface area contributed by atoms with E-state index in [0.29, 0.717) is 0 Å². The van der Waals surface area contributed by atoms with Crippen molar-refractivity contribution >= 4 is 11.9 Å². The lowest BCUT2D eigenvalue weighted by Crippen LogP contribution is -2.46. The van der Waals surface area contributed by atoms with Crippen LogP contribution in [0.2, 0.25) is 0 Å². The Morgan fingerprint density at radius 1 is 1.33 bits per heavy atom. The van der Waals surface area contributed by atoms with Gasteiger partial charge in [0.25, 0.3) is 5.91 Å². The van der Waals surface area contributed by atoms with Gasteiger partial charge in [0.2, 0.25) is 0 Å². The highest BCUT2D eigenvalue weighted by Crippen LogP contribution is 2.05. The van der Waals surface area contributed by atoms with Gasteiger partial charge in [-0.25, -0.2) is 14.5 Å². The Bertz CT molecular complexity index is 438. The Balaban J connectivity index is 1.84. The molecule has 1 aromatic heterocycles. The number of hydrogen-bond acceptors (Lipinski definition) is 5. The maximum absolute atomic E-state index is 11.7. The molecular weight excluding hydrogens is 238 g/mol. The standard InChI is InChI=1S/C10H15N5O3/c16-9(12-14-4-2-1-3-5-14)7-15-6-8(10(17)18)11-13-15/h6H,1-5,7H2,(H,12,16)(H,17,18). The Labute approximate surface area is 104 Å². The van der Waals surface area contributed by atoms with Crippen LogP contribution in [0.15, 0.2) is 6.20 Å². The summed E-state index contributed by atoms with van der Waals surface area (Å²) in [7, 11) is 0. The van der Waals surface area contributed by atoms with E-state index in [4.69, 9.17) is 5.11 Å². The van der Waals surface area contributed by atoms with Crippen LogP contribution in [-0.4, -0.2) is 50.1 Å². The molecule has 0 radical (unpaired) electrons. The van der Waals surface area contributed by atoms with Crippen LogP contribution >= 0.6 is 0 Å². The molecular formula is C10H15N5O3. The zero-order valence-electron chi connectivity index (χ0n) is 9.87. The van der Waals surface area contributed by atoms with E-state index >= 15 is 0 Å². The van der Waals surface area contributed by atoms with Crippen LogP contribution in [0, 0.1) is 0 Å². The molecule has 0 atom stereocenters. The molecule has 0 spiro atoms. The fraction of sp³-hybridized carbons (Fsp3) is 0.600. The number of carboxylic acids is 1. The molecule has 2 heterocycles. The molecule has 1 aliphatic heterocycles. The largest absolute Gasteiger partial charge is 0.476 e. The molecule has 8 nitrogen and oxygen atoms in total. The molecule has 1 aliphatic rings. The topological polar surface area (TPSA) is 100 Å². The predicted molar refractivity (Wildman–Crippen MR) is 60.5 cm³/mol. The minimum Gasteiger partial charge on any atom is -0.476 e. The number of aromatic carboxylic acids is 1. The summed E-state index contributed by atoms with van der Waals surface area (Å²) < 4.78 is 1.21. The average molecular weight is 253 g/mol. The third-order valence-corrected chi connectivity index (χ3v) is 2.70. The minimum atomic E-state index is -1.15. The van der Waals surface area contributed by atoms with Gasteiger partial charge in [-0.3, -0.25) is 10.2 Å². The number of nitrogens with zero attached hydrogens (tertiary/aromatic N) is 4. The summed E-state index contributed by atoms with van der Waals surface area (Å²) in [5.41, 5.74) is 2.60. The summed E-state index contributed by atoms with van der Waals surface area (Å²) >= 11 is 0. The summed E-state index contributed by atoms with van der Waals surface area (Å²) in [5.74, 6) is -1.38. The van der Waals surface area contributed by atoms with Gasteiger partial charge >= 0.3 is 5.97 Å². The van der Waals surface area contributed by atoms with Crippen molar-refractivity contribution in [3.63, 3.8) is 0 Å². The Hall–Kier alpha value is -1.96. The third-order valence-electron chi connectivity index (χ3n) is 2.70. The fourth-order valence-corrected chi connectivity index (χ4v) is 1.84. The number of carbonyl (C=O) groups excluding carboxylic acids is 1. The summed E-state index contributed by atoms with van der Waals surface area (Å²) in [4.78, 5) is 22.3. The molecule has 1 aromatic rings. The first-order valence-electron chi connectivity index (χ1n) is 5.83. The second kappa shape index (κ2) is 5.58. The van der Waals surface area contributed by atoms with Crippen LogP contribution in [0.3, 0.4) is 0 Å². The van der Waals surface area contributed by atoms with Crippen LogP contribution in [0.25, 0.3) is 0 Å². The highest BCUT2D eigenvalue weighted by molar-refractivity contribution is 5.84. The quantitative estimate of drug-likeness (QED) is 0.749. The Morgan fingerprint density at radius 2 is 2.06 bits per heavy atom. The second-order valence-electron chi connectivity index (χ2n) is 4.19. The van der Waals surface area contributed by atoms with Crippen molar-refractivity contribution in [2.24, 2.45) is 0 Å². The van der Waals surface area contributed by atoms with Gasteiger partial charge in [0, 0.05) is 13.1 Å². The second-order valence-corrected chi connectivity index (χ2v) is 4.19. The molecule has 8 heteroatoms. The van der Waals surface area contributed by atoms with Gasteiger partial charge in [0.15, 0.2) is 5.69 Å². The molecule has 18 heavy (non-hydrogen) atoms. The van der Waals surface area contributed by atoms with Crippen molar-refractivity contribution in [1.29, 1.82) is 0 Å². The number of carbonyl (C=O) groups is 2. The maximum Gasteiger partial charge on any atom is 0.358 e. The first kappa shape index (κ1) is 12.5. The van der Waals surface area contributed by atoms with Crippen molar-refractivity contribution in [2.75, 3.05) is 13.1 Å². The molecule has 0 bridgehead atoms. The van der Waals surface area contributed by atoms with Gasteiger partial charge in [0.1, 0.15) is 6.54 Å². The number of amides is 1. The van der Waals surface area contributed by atoms with E-state index in [-0.39, 0.29) is 18.1 Å². The fourth-order valence-electron chi connectivity index (χ4n) is 1.84. The van der Waals surface area contributed by atoms with Gasteiger partial charge in [-0.15, -0.1) is 5.10 Å². The molecule has 98 valence electrons. The number of piperidine rings is 1. The van der Waals surface area contributed by atoms with E-state index in [0.717, 1.165) is 25.9 Å². The van der Waals surface area contributed by atoms with Crippen molar-refractivity contribution < 1.29 is 14.7 Å². The molecule has 2 rings (SSSR count). The van der Waals surface area contributed by atoms with Crippen LogP contribution < -0.4 is 5.43 Å². The molecule has 0 aliphatic carbocycles. The average Bonchev–Trinajstić information content (AvgIpc) is 2.78. The maximum atomic E-state index is 11.7. The molecule has 1 amide bonds. The van der Waals surface area contributed by atoms with Crippen LogP contribution in [0.1, 0.15) is 29.8 Å². The lowest BCUT2D eigenvalue weighted by Gasteiger charge is -2.26. The first-order valence-corrected chi connectivity index (χ1v) is 5.83. The van der Waals surface area contributed by atoms with Crippen LogP contribution in [0.5, 0.6) is 0 Å². The summed E-state index contributed by atoms with van der Waals surface area (Å²) in [6.45, 7) is 1.67. The van der Waals surface area contributed by atoms with Gasteiger partial charge in [-0.1, -0.05) is 11.6 Å². The number of nitrogens with one attached hydrogen (secondary N) is 1. The summed E-state index contributed by atoms with van der Waals surface area (Å²) in [6.07, 6.45) is 4.58. The van der Waals surface area contributed by atoms with Crippen LogP contribution in [-0.2, 0) is 11.3 Å². The van der Waals surface area contributed by atoms with Crippen LogP contribution in [0.4, 0.5) is 0 Å². The highest BCUT2D eigenvalue weighted by atomic mass is 16.4. The van der Waals surface area contributed by atoms with Crippen molar-refractivity contribution in [1.82, 2.24) is 25.4 Å². The number of rotatable bonds is 4. The van der Waals surface area contributed by atoms with Gasteiger partial charge in [-0.2, -0.15) is 0 Å². The highest BCUT2D eigenvalue weighted by Gasteiger charge is 2.14. The molecule has 0 unspecified atom stereocenters. The van der Waals surface area contributed by atoms with Crippen molar-refractivity contribution in [3.8, 4) is 0 Å². The molecule has 1 saturated heterocycles. The normalized spacial score (nSPS) is 16.4. The predicted octanol–water partition coefficient (Wildman–Crippen LogP) is -0.507. The lowest BCUT2D eigenvalue weighted by molar-refractivity contribution is -0.127. The number of hydrazine groups is 1. The molecule has 1 fully saturated rings. The van der Waals surface area contributed by atoms with Crippen molar-refractivity contribution in [2.45, 2.75) is 25.8 Å². The zero-order chi connectivity index (χ0) is 13.0. The van der Waals surface area contributed by atoms with Crippen molar-refractivity contribution in [3.05, 3.63) is 11.9 Å². The van der Waals surface area contributed by atoms with Gasteiger partial charge < -0.3 is 5.11 Å². The Morgan fingerprint density at radius 3 is 2.67 bits per heavy atom. The molecule has 0 aromatic carbocycles. The third kappa shape index (κ3) is 3.27. The smallest absolute Gasteiger partial charge is 0.358 e. The lowest BCUT2D eigenvalue weighted by atomic mass is 10.2. The number of hydrogen-bond donors (Lipinski definition) is 2. The number of aromatic nitrogens is 3. The minimum absolute atomic E-state index is 0.0310. The van der Waals surface area contributed by atoms with E-state index in [1.165, 1.54) is 17.3 Å². The number of carboxylic acid groups (broad SMARTS) is 1. The monoisotopic (exact) mass is 253 g/mol. The van der Waals surface area contributed by atoms with E-state index in [2.05, 4.69) is 15.7 Å². The van der Waals surface area contributed by atoms with E-state index < -0.39 is 5.97 Å². The zero-order valence-corrected chi connectivity index (χ0v) is 9.87. The molecule has 2 N–H and O–H groups in total. The van der Waals surface area contributed by atoms with E-state index in [1.54, 1.807) is 0 Å². The van der Waals surface area contributed by atoms with Gasteiger partial charge in [0.05, 0.1) is 6.20 Å². The first-order chi connectivity index (χ1) is 8.65. The SMILES string of the molecule is O=C(Cn1cc(C(=O)O)nn1)NN1CCCCC1. The summed E-state index contributed by atoms with van der Waals surface area (Å²) in [5, 5.41) is 17.6. The van der Waals surface area contributed by atoms with E-state index in [1.807, 2.05) is 5.01 Å².